The molecular formula is C21H21ClO6S. The number of halogens is 1. The summed E-state index contributed by atoms with van der Waals surface area (Å²) < 4.78 is 37.2. The lowest BCUT2D eigenvalue weighted by Gasteiger charge is -2.15. The quantitative estimate of drug-likeness (QED) is 0.488. The number of sulfone groups is 1. The zero-order chi connectivity index (χ0) is 21.2. The van der Waals surface area contributed by atoms with E-state index in [9.17, 15) is 18.0 Å². The number of rotatable bonds is 7. The van der Waals surface area contributed by atoms with Crippen LogP contribution in [0.15, 0.2) is 59.5 Å². The van der Waals surface area contributed by atoms with Crippen LogP contribution in [0.2, 0.25) is 5.02 Å². The first-order valence-electron chi connectivity index (χ1n) is 9.20. The van der Waals surface area contributed by atoms with E-state index in [1.54, 1.807) is 56.3 Å². The Hall–Kier alpha value is -2.38. The van der Waals surface area contributed by atoms with E-state index in [0.29, 0.717) is 10.6 Å². The molecule has 2 aromatic rings. The van der Waals surface area contributed by atoms with Crippen LogP contribution in [0.4, 0.5) is 0 Å². The van der Waals surface area contributed by atoms with Crippen molar-refractivity contribution < 1.29 is 27.5 Å². The minimum Gasteiger partial charge on any atom is -0.465 e. The molecule has 0 radical (unpaired) electrons. The van der Waals surface area contributed by atoms with Gasteiger partial charge in [-0.1, -0.05) is 41.9 Å². The lowest BCUT2D eigenvalue weighted by molar-refractivity contribution is -0.164. The van der Waals surface area contributed by atoms with Gasteiger partial charge in [-0.3, -0.25) is 9.59 Å². The average Bonchev–Trinajstić information content (AvgIpc) is 3.42. The van der Waals surface area contributed by atoms with Crippen LogP contribution in [-0.2, 0) is 28.9 Å². The maximum atomic E-state index is 13.4. The van der Waals surface area contributed by atoms with Crippen molar-refractivity contribution in [3.63, 3.8) is 0 Å². The number of benzene rings is 2. The van der Waals surface area contributed by atoms with Crippen molar-refractivity contribution in [3.05, 3.63) is 65.2 Å². The summed E-state index contributed by atoms with van der Waals surface area (Å²) in [5.41, 5.74) is -1.46. The minimum absolute atomic E-state index is 0.00539. The van der Waals surface area contributed by atoms with E-state index in [4.69, 9.17) is 21.1 Å². The molecule has 0 amide bonds. The molecule has 1 aliphatic carbocycles. The molecule has 2 aromatic carbocycles. The fourth-order valence-corrected chi connectivity index (χ4v) is 6.15. The van der Waals surface area contributed by atoms with Gasteiger partial charge in [0.15, 0.2) is 15.3 Å². The predicted octanol–water partition coefficient (Wildman–Crippen LogP) is 3.39. The molecule has 0 heterocycles. The van der Waals surface area contributed by atoms with Crippen LogP contribution in [0.5, 0.6) is 0 Å². The van der Waals surface area contributed by atoms with E-state index in [0.717, 1.165) is 0 Å². The van der Waals surface area contributed by atoms with Gasteiger partial charge in [0, 0.05) is 10.9 Å². The third kappa shape index (κ3) is 3.53. The number of ether oxygens (including phenoxy) is 2. The Morgan fingerprint density at radius 3 is 1.93 bits per heavy atom. The molecular weight excluding hydrogens is 416 g/mol. The van der Waals surface area contributed by atoms with Crippen LogP contribution >= 0.6 is 11.6 Å². The van der Waals surface area contributed by atoms with Crippen molar-refractivity contribution in [2.45, 2.75) is 29.9 Å². The molecule has 0 aromatic heterocycles. The van der Waals surface area contributed by atoms with Crippen molar-refractivity contribution >= 4 is 33.4 Å². The normalized spacial score (nSPS) is 20.0. The molecule has 29 heavy (non-hydrogen) atoms. The predicted molar refractivity (Wildman–Crippen MR) is 107 cm³/mol. The van der Waals surface area contributed by atoms with Gasteiger partial charge in [0.05, 0.1) is 18.1 Å². The molecule has 154 valence electrons. The maximum Gasteiger partial charge on any atom is 0.325 e. The molecule has 0 unspecified atom stereocenters. The third-order valence-corrected chi connectivity index (χ3v) is 7.49. The van der Waals surface area contributed by atoms with E-state index in [1.165, 1.54) is 12.1 Å². The van der Waals surface area contributed by atoms with Gasteiger partial charge in [0.1, 0.15) is 5.25 Å². The molecule has 0 N–H and O–H groups in total. The summed E-state index contributed by atoms with van der Waals surface area (Å²) >= 11 is 5.95. The van der Waals surface area contributed by atoms with Crippen LogP contribution in [0.3, 0.4) is 0 Å². The average molecular weight is 437 g/mol. The SMILES string of the molecule is CCOC(=O)C1(C(=O)OCC)[C@@H](c2ccc(Cl)cc2)[C@@H]1S(=O)(=O)c1ccccc1. The highest BCUT2D eigenvalue weighted by Crippen LogP contribution is 2.65. The second kappa shape index (κ2) is 8.16. The molecule has 3 rings (SSSR count). The molecule has 6 nitrogen and oxygen atoms in total. The van der Waals surface area contributed by atoms with E-state index in [2.05, 4.69) is 0 Å². The highest BCUT2D eigenvalue weighted by Gasteiger charge is 2.81. The first kappa shape index (κ1) is 21.3. The van der Waals surface area contributed by atoms with Crippen LogP contribution < -0.4 is 0 Å². The van der Waals surface area contributed by atoms with Gasteiger partial charge < -0.3 is 9.47 Å². The first-order chi connectivity index (χ1) is 13.8. The van der Waals surface area contributed by atoms with Crippen molar-refractivity contribution in [2.24, 2.45) is 5.41 Å². The highest BCUT2D eigenvalue weighted by atomic mass is 35.5. The second-order valence-electron chi connectivity index (χ2n) is 6.62. The Kier molecular flexibility index (Phi) is 6.00. The lowest BCUT2D eigenvalue weighted by Crippen LogP contribution is -2.35. The van der Waals surface area contributed by atoms with Crippen molar-refractivity contribution in [3.8, 4) is 0 Å². The molecule has 1 saturated carbocycles. The summed E-state index contributed by atoms with van der Waals surface area (Å²) in [7, 11) is -4.04. The Labute approximate surface area is 174 Å². The molecule has 8 heteroatoms. The Morgan fingerprint density at radius 2 is 1.45 bits per heavy atom. The number of hydrogen-bond donors (Lipinski definition) is 0. The van der Waals surface area contributed by atoms with Crippen molar-refractivity contribution in [1.29, 1.82) is 0 Å². The molecule has 1 fully saturated rings. The highest BCUT2D eigenvalue weighted by molar-refractivity contribution is 7.92. The fourth-order valence-electron chi connectivity index (χ4n) is 3.72. The first-order valence-corrected chi connectivity index (χ1v) is 11.1. The molecule has 0 bridgehead atoms. The molecule has 0 spiro atoms. The topological polar surface area (TPSA) is 86.7 Å². The van der Waals surface area contributed by atoms with E-state index in [1.807, 2.05) is 0 Å². The second-order valence-corrected chi connectivity index (χ2v) is 9.12. The molecule has 0 saturated heterocycles. The van der Waals surface area contributed by atoms with Crippen molar-refractivity contribution in [2.75, 3.05) is 13.2 Å². The number of hydrogen-bond acceptors (Lipinski definition) is 6. The largest absolute Gasteiger partial charge is 0.465 e. The number of esters is 2. The third-order valence-electron chi connectivity index (χ3n) is 4.99. The Morgan fingerprint density at radius 1 is 0.931 bits per heavy atom. The molecule has 1 aliphatic rings. The summed E-state index contributed by atoms with van der Waals surface area (Å²) in [6.45, 7) is 3.20. The van der Waals surface area contributed by atoms with Crippen LogP contribution in [0.25, 0.3) is 0 Å². The summed E-state index contributed by atoms with van der Waals surface area (Å²) in [6, 6.07) is 14.1. The molecule has 0 aliphatic heterocycles. The monoisotopic (exact) mass is 436 g/mol. The summed E-state index contributed by atoms with van der Waals surface area (Å²) in [5, 5.41) is -0.883. The van der Waals surface area contributed by atoms with Crippen LogP contribution in [-0.4, -0.2) is 38.8 Å². The zero-order valence-corrected chi connectivity index (χ0v) is 17.6. The van der Waals surface area contributed by atoms with E-state index >= 15 is 0 Å². The lowest BCUT2D eigenvalue weighted by atomic mass is 9.99. The minimum atomic E-state index is -4.04. The van der Waals surface area contributed by atoms with Crippen molar-refractivity contribution in [1.82, 2.24) is 0 Å². The summed E-state index contributed by atoms with van der Waals surface area (Å²) in [5.74, 6) is -2.74. The van der Waals surface area contributed by atoms with E-state index < -0.39 is 38.4 Å². The number of carbonyl (C=O) groups excluding carboxylic acids is 2. The van der Waals surface area contributed by atoms with Gasteiger partial charge in [-0.05, 0) is 43.7 Å². The maximum absolute atomic E-state index is 13.4. The molecule has 2 atom stereocenters. The Balaban J connectivity index is 2.19. The van der Waals surface area contributed by atoms with Gasteiger partial charge >= 0.3 is 11.9 Å². The van der Waals surface area contributed by atoms with E-state index in [-0.39, 0.29) is 18.1 Å². The van der Waals surface area contributed by atoms with Crippen LogP contribution in [0, 0.1) is 5.41 Å². The number of carbonyl (C=O) groups is 2. The van der Waals surface area contributed by atoms with Gasteiger partial charge in [-0.25, -0.2) is 8.42 Å². The standard InChI is InChI=1S/C21H21ClO6S/c1-3-27-19(23)21(20(24)28-4-2)17(14-10-12-15(22)13-11-14)18(21)29(25,26)16-8-6-5-7-9-16/h5-13,17-18H,3-4H2,1-2H3/t17-,18-/m0/s1. The Bertz CT molecular complexity index is 983. The van der Waals surface area contributed by atoms with Gasteiger partial charge in [0.2, 0.25) is 0 Å². The van der Waals surface area contributed by atoms with Gasteiger partial charge in [-0.15, -0.1) is 0 Å². The zero-order valence-electron chi connectivity index (χ0n) is 16.0. The van der Waals surface area contributed by atoms with Crippen LogP contribution in [0.1, 0.15) is 25.3 Å². The smallest absolute Gasteiger partial charge is 0.325 e. The van der Waals surface area contributed by atoms with Gasteiger partial charge in [-0.2, -0.15) is 0 Å². The summed E-state index contributed by atoms with van der Waals surface area (Å²) in [4.78, 5) is 26.0. The summed E-state index contributed by atoms with van der Waals surface area (Å²) in [6.07, 6.45) is 0. The van der Waals surface area contributed by atoms with Gasteiger partial charge in [0.25, 0.3) is 0 Å². The fraction of sp³-hybridized carbons (Fsp3) is 0.333.